The zero-order valence-electron chi connectivity index (χ0n) is 27.9. The Balaban J connectivity index is 1.16. The van der Waals surface area contributed by atoms with Crippen molar-refractivity contribution in [3.8, 4) is 11.5 Å². The number of ether oxygens (including phenoxy) is 2. The molecule has 0 bridgehead atoms. The van der Waals surface area contributed by atoms with E-state index in [-0.39, 0.29) is 46.9 Å². The zero-order valence-corrected chi connectivity index (χ0v) is 28.7. The molecule has 46 heavy (non-hydrogen) atoms. The molecule has 254 valence electrons. The topological polar surface area (TPSA) is 117 Å². The van der Waals surface area contributed by atoms with E-state index in [4.69, 9.17) is 9.47 Å². The Bertz CT molecular complexity index is 1460. The Labute approximate surface area is 272 Å². The number of nitrogens with one attached hydrogen (secondary N) is 1. The number of amides is 1. The summed E-state index contributed by atoms with van der Waals surface area (Å²) in [5.41, 5.74) is 0.359. The Morgan fingerprint density at radius 3 is 2.41 bits per heavy atom. The Morgan fingerprint density at radius 1 is 1.11 bits per heavy atom. The van der Waals surface area contributed by atoms with Crippen molar-refractivity contribution in [2.75, 3.05) is 44.2 Å². The number of carbonyl (C=O) groups is 1. The first-order chi connectivity index (χ1) is 21.8. The first-order valence-electron chi connectivity index (χ1n) is 16.5. The number of anilines is 1. The molecule has 3 saturated heterocycles. The highest BCUT2D eigenvalue weighted by molar-refractivity contribution is 7.90. The molecule has 5 rings (SSSR count). The largest absolute Gasteiger partial charge is 0.451 e. The molecular formula is C33H49FN6O5S. The smallest absolute Gasteiger partial charge is 0.258 e. The summed E-state index contributed by atoms with van der Waals surface area (Å²) >= 11 is 0. The first-order valence-corrected chi connectivity index (χ1v) is 18.0. The van der Waals surface area contributed by atoms with Crippen LogP contribution in [0.5, 0.6) is 11.5 Å². The predicted octanol–water partition coefficient (Wildman–Crippen LogP) is 4.44. The SMILES string of the molecule is CC(C)N(C(=O)c1cc(F)ccc1Oc1cncnc1N1CC2(CCN(C[C@@H]3CC[C@@H](NS(=O)(=O)C(C)C)CO3)CC2)C1)C(C)C. The molecule has 2 atom stereocenters. The van der Waals surface area contributed by atoms with Crippen molar-refractivity contribution in [3.63, 3.8) is 0 Å². The molecule has 3 aliphatic rings. The van der Waals surface area contributed by atoms with E-state index < -0.39 is 21.1 Å². The van der Waals surface area contributed by atoms with Crippen LogP contribution in [0.1, 0.15) is 77.6 Å². The average molecular weight is 661 g/mol. The van der Waals surface area contributed by atoms with Gasteiger partial charge in [0.2, 0.25) is 10.0 Å². The van der Waals surface area contributed by atoms with Crippen LogP contribution >= 0.6 is 0 Å². The highest BCUT2D eigenvalue weighted by Crippen LogP contribution is 2.45. The molecule has 1 N–H and O–H groups in total. The van der Waals surface area contributed by atoms with Crippen molar-refractivity contribution in [1.29, 1.82) is 0 Å². The molecule has 1 aromatic carbocycles. The molecule has 0 saturated carbocycles. The maximum absolute atomic E-state index is 14.3. The monoisotopic (exact) mass is 660 g/mol. The maximum atomic E-state index is 14.3. The summed E-state index contributed by atoms with van der Waals surface area (Å²) < 4.78 is 53.9. The van der Waals surface area contributed by atoms with E-state index in [9.17, 15) is 17.6 Å². The van der Waals surface area contributed by atoms with Crippen LogP contribution in [0.25, 0.3) is 0 Å². The molecule has 1 spiro atoms. The fraction of sp³-hybridized carbons (Fsp3) is 0.667. The van der Waals surface area contributed by atoms with Gasteiger partial charge in [-0.25, -0.2) is 27.5 Å². The van der Waals surface area contributed by atoms with E-state index in [0.29, 0.717) is 18.2 Å². The number of piperidine rings is 1. The molecule has 0 radical (unpaired) electrons. The van der Waals surface area contributed by atoms with Gasteiger partial charge in [0.25, 0.3) is 5.91 Å². The van der Waals surface area contributed by atoms with Gasteiger partial charge in [-0.3, -0.25) is 4.79 Å². The molecule has 13 heteroatoms. The van der Waals surface area contributed by atoms with Gasteiger partial charge in [0, 0.05) is 43.2 Å². The highest BCUT2D eigenvalue weighted by atomic mass is 32.2. The van der Waals surface area contributed by atoms with Gasteiger partial charge in [-0.1, -0.05) is 0 Å². The fourth-order valence-electron chi connectivity index (χ4n) is 6.84. The third-order valence-corrected chi connectivity index (χ3v) is 11.4. The fourth-order valence-corrected chi connectivity index (χ4v) is 7.76. The van der Waals surface area contributed by atoms with Crippen LogP contribution in [0.4, 0.5) is 10.2 Å². The van der Waals surface area contributed by atoms with Crippen LogP contribution in [0.15, 0.2) is 30.7 Å². The summed E-state index contributed by atoms with van der Waals surface area (Å²) in [6.45, 7) is 16.0. The second-order valence-corrected chi connectivity index (χ2v) is 16.2. The normalized spacial score (nSPS) is 22.0. The van der Waals surface area contributed by atoms with E-state index in [2.05, 4.69) is 24.5 Å². The summed E-state index contributed by atoms with van der Waals surface area (Å²) in [4.78, 5) is 28.6. The number of aromatic nitrogens is 2. The van der Waals surface area contributed by atoms with E-state index in [1.807, 2.05) is 27.7 Å². The molecule has 3 aliphatic heterocycles. The standard InChI is InChI=1S/C33H49FN6O5S/c1-22(2)40(23(3)4)32(41)28-15-25(34)7-10-29(28)45-30-16-35-21-36-31(30)39-19-33(20-39)11-13-38(14-12-33)17-27-9-8-26(18-44-27)37-46(42,43)24(5)6/h7,10,15-16,21-24,26-27,37H,8-9,11-14,17-20H2,1-6H3/t26-,27+/m1/s1. The quantitative estimate of drug-likeness (QED) is 0.373. The van der Waals surface area contributed by atoms with Crippen LogP contribution in [0.3, 0.4) is 0 Å². The van der Waals surface area contributed by atoms with E-state index >= 15 is 0 Å². The molecule has 1 aromatic heterocycles. The number of benzene rings is 1. The van der Waals surface area contributed by atoms with Crippen molar-refractivity contribution in [1.82, 2.24) is 24.5 Å². The number of likely N-dealkylation sites (tertiary alicyclic amines) is 1. The van der Waals surface area contributed by atoms with Crippen molar-refractivity contribution < 1.29 is 27.1 Å². The first kappa shape index (κ1) is 34.5. The molecule has 0 aliphatic carbocycles. The summed E-state index contributed by atoms with van der Waals surface area (Å²) in [6.07, 6.45) is 6.95. The Kier molecular flexibility index (Phi) is 10.6. The number of hydrogen-bond acceptors (Lipinski definition) is 9. The molecule has 1 amide bonds. The summed E-state index contributed by atoms with van der Waals surface area (Å²) in [5.74, 6) is 0.567. The summed E-state index contributed by atoms with van der Waals surface area (Å²) in [7, 11) is -3.30. The Morgan fingerprint density at radius 2 is 1.80 bits per heavy atom. The lowest BCUT2D eigenvalue weighted by Gasteiger charge is -2.54. The number of rotatable bonds is 11. The van der Waals surface area contributed by atoms with Crippen LogP contribution in [-0.4, -0.2) is 103 Å². The second-order valence-electron chi connectivity index (χ2n) is 14.0. The van der Waals surface area contributed by atoms with E-state index in [1.54, 1.807) is 24.9 Å². The van der Waals surface area contributed by atoms with Gasteiger partial charge < -0.3 is 24.2 Å². The van der Waals surface area contributed by atoms with Gasteiger partial charge in [-0.15, -0.1) is 0 Å². The van der Waals surface area contributed by atoms with Crippen molar-refractivity contribution in [2.24, 2.45) is 5.41 Å². The van der Waals surface area contributed by atoms with Gasteiger partial charge in [0.15, 0.2) is 11.6 Å². The van der Waals surface area contributed by atoms with Crippen molar-refractivity contribution in [2.45, 2.75) is 96.7 Å². The van der Waals surface area contributed by atoms with Crippen molar-refractivity contribution in [3.05, 3.63) is 42.1 Å². The summed E-state index contributed by atoms with van der Waals surface area (Å²) in [6, 6.07) is 3.73. The van der Waals surface area contributed by atoms with Gasteiger partial charge in [-0.2, -0.15) is 0 Å². The molecule has 4 heterocycles. The minimum atomic E-state index is -3.30. The Hall–Kier alpha value is -2.87. The average Bonchev–Trinajstić information content (AvgIpc) is 2.98. The van der Waals surface area contributed by atoms with Gasteiger partial charge in [-0.05, 0) is 98.5 Å². The second kappa shape index (κ2) is 14.1. The van der Waals surface area contributed by atoms with Crippen molar-refractivity contribution >= 4 is 21.7 Å². The van der Waals surface area contributed by atoms with Crippen LogP contribution in [0.2, 0.25) is 0 Å². The number of halogens is 1. The van der Waals surface area contributed by atoms with Gasteiger partial charge >= 0.3 is 0 Å². The predicted molar refractivity (Wildman–Crippen MR) is 175 cm³/mol. The third kappa shape index (κ3) is 7.80. The molecule has 11 nitrogen and oxygen atoms in total. The summed E-state index contributed by atoms with van der Waals surface area (Å²) in [5, 5.41) is -0.453. The molecule has 3 fully saturated rings. The minimum Gasteiger partial charge on any atom is -0.451 e. The lowest BCUT2D eigenvalue weighted by atomic mass is 9.72. The molecule has 2 aromatic rings. The molecular weight excluding hydrogens is 611 g/mol. The van der Waals surface area contributed by atoms with E-state index in [0.717, 1.165) is 58.4 Å². The van der Waals surface area contributed by atoms with Gasteiger partial charge in [0.1, 0.15) is 17.9 Å². The number of carbonyl (C=O) groups excluding carboxylic acids is 1. The van der Waals surface area contributed by atoms with Crippen LogP contribution in [-0.2, 0) is 14.8 Å². The molecule has 0 unspecified atom stereocenters. The van der Waals surface area contributed by atoms with E-state index in [1.165, 1.54) is 24.5 Å². The zero-order chi connectivity index (χ0) is 33.2. The maximum Gasteiger partial charge on any atom is 0.258 e. The number of hydrogen-bond donors (Lipinski definition) is 1. The number of nitrogens with zero attached hydrogens (tertiary/aromatic N) is 5. The van der Waals surface area contributed by atoms with Gasteiger partial charge in [0.05, 0.1) is 29.7 Å². The minimum absolute atomic E-state index is 0.0662. The number of sulfonamides is 1. The lowest BCUT2D eigenvalue weighted by molar-refractivity contribution is -0.0299. The lowest BCUT2D eigenvalue weighted by Crippen LogP contribution is -2.61. The third-order valence-electron chi connectivity index (χ3n) is 9.45. The highest BCUT2D eigenvalue weighted by Gasteiger charge is 2.46. The van der Waals surface area contributed by atoms with Crippen LogP contribution in [0, 0.1) is 11.2 Å². The van der Waals surface area contributed by atoms with Crippen LogP contribution < -0.4 is 14.4 Å².